The minimum absolute atomic E-state index is 0.0774. The van der Waals surface area contributed by atoms with Crippen LogP contribution in [0.15, 0.2) is 71.6 Å². The molecule has 0 spiro atoms. The minimum atomic E-state index is -3.84. The van der Waals surface area contributed by atoms with Crippen molar-refractivity contribution in [2.75, 3.05) is 10.0 Å². The van der Waals surface area contributed by atoms with Crippen LogP contribution in [0, 0.1) is 13.8 Å². The summed E-state index contributed by atoms with van der Waals surface area (Å²) in [5.74, 6) is 0.0417. The number of rotatable bonds is 6. The quantitative estimate of drug-likeness (QED) is 0.552. The van der Waals surface area contributed by atoms with Crippen LogP contribution in [0.1, 0.15) is 46.8 Å². The van der Waals surface area contributed by atoms with Gasteiger partial charge in [0.15, 0.2) is 0 Å². The summed E-state index contributed by atoms with van der Waals surface area (Å²) >= 11 is 0. The van der Waals surface area contributed by atoms with Crippen LogP contribution in [0.4, 0.5) is 11.4 Å². The number of carbonyl (C=O) groups is 1. The molecule has 156 valence electrons. The monoisotopic (exact) mass is 422 g/mol. The second-order valence-electron chi connectivity index (χ2n) is 7.63. The van der Waals surface area contributed by atoms with E-state index in [0.717, 1.165) is 5.56 Å². The summed E-state index contributed by atoms with van der Waals surface area (Å²) in [6.07, 6.45) is 0. The number of nitrogens with one attached hydrogen (secondary N) is 2. The first kappa shape index (κ1) is 21.6. The van der Waals surface area contributed by atoms with Gasteiger partial charge in [-0.3, -0.25) is 9.52 Å². The Morgan fingerprint density at radius 1 is 0.867 bits per heavy atom. The van der Waals surface area contributed by atoms with E-state index >= 15 is 0 Å². The molecule has 3 aromatic carbocycles. The van der Waals surface area contributed by atoms with Gasteiger partial charge in [0.05, 0.1) is 10.6 Å². The first-order chi connectivity index (χ1) is 14.2. The highest BCUT2D eigenvalue weighted by molar-refractivity contribution is 7.92. The van der Waals surface area contributed by atoms with Gasteiger partial charge in [-0.15, -0.1) is 0 Å². The molecular formula is C24H26N2O3S. The summed E-state index contributed by atoms with van der Waals surface area (Å²) in [6, 6.07) is 19.5. The van der Waals surface area contributed by atoms with Crippen LogP contribution in [0.5, 0.6) is 0 Å². The predicted octanol–water partition coefficient (Wildman–Crippen LogP) is 5.48. The molecule has 0 unspecified atom stereocenters. The highest BCUT2D eigenvalue weighted by Gasteiger charge is 2.20. The van der Waals surface area contributed by atoms with Crippen molar-refractivity contribution in [3.8, 4) is 0 Å². The molecule has 0 bridgehead atoms. The van der Waals surface area contributed by atoms with E-state index in [1.807, 2.05) is 43.3 Å². The average molecular weight is 423 g/mol. The van der Waals surface area contributed by atoms with Crippen LogP contribution >= 0.6 is 0 Å². The van der Waals surface area contributed by atoms with Crippen molar-refractivity contribution in [2.24, 2.45) is 0 Å². The molecule has 5 nitrogen and oxygen atoms in total. The molecule has 6 heteroatoms. The molecule has 30 heavy (non-hydrogen) atoms. The number of benzene rings is 3. The van der Waals surface area contributed by atoms with Crippen molar-refractivity contribution in [1.29, 1.82) is 0 Å². The van der Waals surface area contributed by atoms with Crippen LogP contribution in [-0.4, -0.2) is 14.3 Å². The summed E-state index contributed by atoms with van der Waals surface area (Å²) in [5, 5.41) is 2.83. The van der Waals surface area contributed by atoms with Crippen molar-refractivity contribution in [1.82, 2.24) is 0 Å². The van der Waals surface area contributed by atoms with E-state index in [2.05, 4.69) is 23.9 Å². The molecule has 0 atom stereocenters. The van der Waals surface area contributed by atoms with E-state index in [-0.39, 0.29) is 16.4 Å². The number of hydrogen-bond acceptors (Lipinski definition) is 3. The van der Waals surface area contributed by atoms with Crippen LogP contribution < -0.4 is 10.0 Å². The van der Waals surface area contributed by atoms with Gasteiger partial charge in [0.25, 0.3) is 15.9 Å². The maximum atomic E-state index is 13.0. The van der Waals surface area contributed by atoms with E-state index < -0.39 is 10.0 Å². The number of para-hydroxylation sites is 1. The molecule has 0 aliphatic rings. The molecule has 2 N–H and O–H groups in total. The second-order valence-corrected chi connectivity index (χ2v) is 9.28. The van der Waals surface area contributed by atoms with Crippen molar-refractivity contribution in [3.63, 3.8) is 0 Å². The topological polar surface area (TPSA) is 75.3 Å². The van der Waals surface area contributed by atoms with Crippen molar-refractivity contribution in [2.45, 2.75) is 38.5 Å². The first-order valence-electron chi connectivity index (χ1n) is 9.78. The Labute approximate surface area is 178 Å². The van der Waals surface area contributed by atoms with E-state index in [4.69, 9.17) is 0 Å². The van der Waals surface area contributed by atoms with Gasteiger partial charge in [-0.05, 0) is 66.8 Å². The summed E-state index contributed by atoms with van der Waals surface area (Å²) < 4.78 is 28.5. The van der Waals surface area contributed by atoms with Gasteiger partial charge in [0.2, 0.25) is 0 Å². The molecule has 0 fully saturated rings. The first-order valence-corrected chi connectivity index (χ1v) is 11.3. The highest BCUT2D eigenvalue weighted by Crippen LogP contribution is 2.23. The zero-order valence-corrected chi connectivity index (χ0v) is 18.4. The van der Waals surface area contributed by atoms with Gasteiger partial charge in [0.1, 0.15) is 0 Å². The van der Waals surface area contributed by atoms with E-state index in [9.17, 15) is 13.2 Å². The lowest BCUT2D eigenvalue weighted by Gasteiger charge is -2.14. The summed E-state index contributed by atoms with van der Waals surface area (Å²) in [7, 11) is -3.84. The van der Waals surface area contributed by atoms with E-state index in [1.165, 1.54) is 11.6 Å². The SMILES string of the molecule is Cc1ccccc1NS(=O)(=O)c1cc(C(=O)Nc2ccc(C(C)C)cc2)ccc1C. The van der Waals surface area contributed by atoms with Crippen molar-refractivity contribution >= 4 is 27.3 Å². The zero-order valence-electron chi connectivity index (χ0n) is 17.6. The van der Waals surface area contributed by atoms with Gasteiger partial charge < -0.3 is 5.32 Å². The molecule has 0 aromatic heterocycles. The normalized spacial score (nSPS) is 11.4. The second kappa shape index (κ2) is 8.71. The Balaban J connectivity index is 1.85. The minimum Gasteiger partial charge on any atom is -0.322 e. The van der Waals surface area contributed by atoms with Gasteiger partial charge in [-0.25, -0.2) is 8.42 Å². The van der Waals surface area contributed by atoms with Crippen LogP contribution in [-0.2, 0) is 10.0 Å². The molecule has 0 aliphatic carbocycles. The molecule has 0 saturated carbocycles. The molecule has 3 rings (SSSR count). The Morgan fingerprint density at radius 2 is 1.53 bits per heavy atom. The van der Waals surface area contributed by atoms with Gasteiger partial charge >= 0.3 is 0 Å². The summed E-state index contributed by atoms with van der Waals surface area (Å²) in [5.41, 5.74) is 4.01. The molecular weight excluding hydrogens is 396 g/mol. The molecule has 3 aromatic rings. The number of sulfonamides is 1. The third-order valence-electron chi connectivity index (χ3n) is 4.96. The van der Waals surface area contributed by atoms with Crippen LogP contribution in [0.2, 0.25) is 0 Å². The average Bonchev–Trinajstić information content (AvgIpc) is 2.70. The van der Waals surface area contributed by atoms with E-state index in [0.29, 0.717) is 22.9 Å². The maximum absolute atomic E-state index is 13.0. The van der Waals surface area contributed by atoms with Crippen LogP contribution in [0.3, 0.4) is 0 Å². The fraction of sp³-hybridized carbons (Fsp3) is 0.208. The molecule has 0 heterocycles. The Morgan fingerprint density at radius 3 is 2.17 bits per heavy atom. The zero-order chi connectivity index (χ0) is 21.9. The molecule has 0 aliphatic heterocycles. The fourth-order valence-electron chi connectivity index (χ4n) is 3.07. The van der Waals surface area contributed by atoms with Gasteiger partial charge in [-0.2, -0.15) is 0 Å². The lowest BCUT2D eigenvalue weighted by atomic mass is 10.0. The van der Waals surface area contributed by atoms with Crippen molar-refractivity contribution < 1.29 is 13.2 Å². The Hall–Kier alpha value is -3.12. The van der Waals surface area contributed by atoms with E-state index in [1.54, 1.807) is 31.2 Å². The third kappa shape index (κ3) is 4.89. The molecule has 0 saturated heterocycles. The number of aryl methyl sites for hydroxylation is 2. The predicted molar refractivity (Wildman–Crippen MR) is 122 cm³/mol. The lowest BCUT2D eigenvalue weighted by molar-refractivity contribution is 0.102. The van der Waals surface area contributed by atoms with Gasteiger partial charge in [-0.1, -0.05) is 50.2 Å². The Kier molecular flexibility index (Phi) is 6.27. The van der Waals surface area contributed by atoms with Gasteiger partial charge in [0, 0.05) is 11.3 Å². The third-order valence-corrected chi connectivity index (χ3v) is 6.47. The highest BCUT2D eigenvalue weighted by atomic mass is 32.2. The lowest BCUT2D eigenvalue weighted by Crippen LogP contribution is -2.17. The maximum Gasteiger partial charge on any atom is 0.262 e. The Bertz CT molecular complexity index is 1170. The fourth-order valence-corrected chi connectivity index (χ4v) is 4.48. The summed E-state index contributed by atoms with van der Waals surface area (Å²) in [6.45, 7) is 7.75. The largest absolute Gasteiger partial charge is 0.322 e. The molecule has 1 amide bonds. The molecule has 0 radical (unpaired) electrons. The van der Waals surface area contributed by atoms with Crippen molar-refractivity contribution in [3.05, 3.63) is 89.0 Å². The van der Waals surface area contributed by atoms with Crippen LogP contribution in [0.25, 0.3) is 0 Å². The smallest absolute Gasteiger partial charge is 0.262 e. The number of carbonyl (C=O) groups excluding carboxylic acids is 1. The number of anilines is 2. The standard InChI is InChI=1S/C24H26N2O3S/c1-16(2)19-11-13-21(14-12-19)25-24(27)20-10-9-18(4)23(15-20)30(28,29)26-22-8-6-5-7-17(22)3/h5-16,26H,1-4H3,(H,25,27). The summed E-state index contributed by atoms with van der Waals surface area (Å²) in [4.78, 5) is 12.8. The number of amides is 1. The number of hydrogen-bond donors (Lipinski definition) is 2.